The second kappa shape index (κ2) is 14.5. The zero-order chi connectivity index (χ0) is 36.4. The van der Waals surface area contributed by atoms with Gasteiger partial charge in [-0.3, -0.25) is 39.2 Å². The van der Waals surface area contributed by atoms with E-state index < -0.39 is 47.7 Å². The van der Waals surface area contributed by atoms with E-state index in [1.54, 1.807) is 48.8 Å². The van der Waals surface area contributed by atoms with Crippen molar-refractivity contribution in [3.8, 4) is 17.1 Å². The third kappa shape index (κ3) is 6.84. The molecule has 5 heterocycles. The van der Waals surface area contributed by atoms with Crippen LogP contribution in [-0.2, 0) is 22.4 Å². The fourth-order valence-corrected chi connectivity index (χ4v) is 6.40. The number of anilines is 1. The molecule has 0 aliphatic carbocycles. The van der Waals surface area contributed by atoms with Gasteiger partial charge in [0.25, 0.3) is 24.1 Å². The first kappa shape index (κ1) is 34.1. The predicted molar refractivity (Wildman–Crippen MR) is 181 cm³/mol. The van der Waals surface area contributed by atoms with Crippen LogP contribution in [0.3, 0.4) is 0 Å². The number of rotatable bonds is 12. The largest absolute Gasteiger partial charge is 0.444 e. The van der Waals surface area contributed by atoms with Crippen molar-refractivity contribution in [2.24, 2.45) is 0 Å². The van der Waals surface area contributed by atoms with Crippen LogP contribution in [0.5, 0.6) is 0 Å². The summed E-state index contributed by atoms with van der Waals surface area (Å²) in [5, 5.41) is 8.69. The van der Waals surface area contributed by atoms with Gasteiger partial charge >= 0.3 is 0 Å². The van der Waals surface area contributed by atoms with Gasteiger partial charge < -0.3 is 9.73 Å². The Morgan fingerprint density at radius 1 is 0.962 bits per heavy atom. The van der Waals surface area contributed by atoms with Crippen LogP contribution in [0.1, 0.15) is 86.6 Å². The summed E-state index contributed by atoms with van der Waals surface area (Å²) < 4.78 is 34.5. The topological polar surface area (TPSA) is 169 Å². The summed E-state index contributed by atoms with van der Waals surface area (Å²) in [7, 11) is 0. The van der Waals surface area contributed by atoms with Crippen molar-refractivity contribution in [3.05, 3.63) is 113 Å². The maximum absolute atomic E-state index is 13.9. The summed E-state index contributed by atoms with van der Waals surface area (Å²) in [5.74, 6) is -2.64. The number of carbonyl (C=O) groups is 5. The number of imide groups is 2. The first-order valence-corrected chi connectivity index (χ1v) is 16.7. The number of oxazole rings is 1. The first-order chi connectivity index (χ1) is 25.2. The van der Waals surface area contributed by atoms with Crippen molar-refractivity contribution in [2.45, 2.75) is 57.4 Å². The fourth-order valence-electron chi connectivity index (χ4n) is 6.40. The van der Waals surface area contributed by atoms with Crippen LogP contribution in [0.2, 0.25) is 0 Å². The quantitative estimate of drug-likeness (QED) is 0.126. The SMILES string of the molecule is O=C1CCC(N2C(=O)c3cccc(CCCCCc4ccc(-n5cc(NC(=O)c6coc(-c7ccncc7)n6)c(C(F)F)n5)cc4)c3C2=O)C(=O)N1. The summed E-state index contributed by atoms with van der Waals surface area (Å²) >= 11 is 0. The highest BCUT2D eigenvalue weighted by Gasteiger charge is 2.45. The Bertz CT molecular complexity index is 2180. The summed E-state index contributed by atoms with van der Waals surface area (Å²) in [6.07, 6.45) is 6.51. The lowest BCUT2D eigenvalue weighted by Gasteiger charge is -2.27. The molecule has 7 rings (SSSR count). The molecular formula is C37H31F2N7O6. The smallest absolute Gasteiger partial charge is 0.284 e. The fraction of sp³-hybridized carbons (Fsp3) is 0.243. The summed E-state index contributed by atoms with van der Waals surface area (Å²) in [6.45, 7) is 0. The number of hydrogen-bond acceptors (Lipinski definition) is 9. The third-order valence-corrected chi connectivity index (χ3v) is 9.03. The molecule has 1 atom stereocenters. The first-order valence-electron chi connectivity index (χ1n) is 16.7. The molecule has 2 aromatic carbocycles. The molecule has 2 N–H and O–H groups in total. The van der Waals surface area contributed by atoms with Crippen LogP contribution >= 0.6 is 0 Å². The summed E-state index contributed by atoms with van der Waals surface area (Å²) in [6, 6.07) is 14.7. The number of pyridine rings is 1. The zero-order valence-electron chi connectivity index (χ0n) is 27.6. The number of aryl methyl sites for hydroxylation is 2. The lowest BCUT2D eigenvalue weighted by Crippen LogP contribution is -2.54. The molecule has 15 heteroatoms. The molecule has 3 aromatic heterocycles. The Hall–Kier alpha value is -6.38. The van der Waals surface area contributed by atoms with Gasteiger partial charge in [0, 0.05) is 24.4 Å². The number of halogens is 2. The number of unbranched alkanes of at least 4 members (excludes halogenated alkanes) is 2. The van der Waals surface area contributed by atoms with Gasteiger partial charge in [0.2, 0.25) is 17.7 Å². The molecule has 0 bridgehead atoms. The van der Waals surface area contributed by atoms with E-state index in [-0.39, 0.29) is 35.7 Å². The van der Waals surface area contributed by atoms with E-state index in [0.717, 1.165) is 48.0 Å². The second-order valence-electron chi connectivity index (χ2n) is 12.4. The average molecular weight is 708 g/mol. The minimum absolute atomic E-state index is 0.0594. The molecule has 0 spiro atoms. The lowest BCUT2D eigenvalue weighted by atomic mass is 9.97. The molecule has 2 aliphatic rings. The third-order valence-electron chi connectivity index (χ3n) is 9.03. The Labute approximate surface area is 295 Å². The summed E-state index contributed by atoms with van der Waals surface area (Å²) in [5.41, 5.74) is 2.65. The number of alkyl halides is 2. The van der Waals surface area contributed by atoms with Crippen molar-refractivity contribution in [3.63, 3.8) is 0 Å². The molecule has 13 nitrogen and oxygen atoms in total. The minimum atomic E-state index is -2.94. The van der Waals surface area contributed by atoms with Gasteiger partial charge in [-0.2, -0.15) is 5.10 Å². The highest BCUT2D eigenvalue weighted by Crippen LogP contribution is 2.31. The van der Waals surface area contributed by atoms with Crippen LogP contribution in [0.15, 0.2) is 83.9 Å². The normalized spacial score (nSPS) is 15.7. The number of piperidine rings is 1. The maximum atomic E-state index is 13.9. The van der Waals surface area contributed by atoms with Crippen molar-refractivity contribution in [1.29, 1.82) is 0 Å². The van der Waals surface area contributed by atoms with Crippen LogP contribution in [0.25, 0.3) is 17.1 Å². The Balaban J connectivity index is 0.932. The monoisotopic (exact) mass is 707 g/mol. The Kier molecular flexibility index (Phi) is 9.48. The Morgan fingerprint density at radius 3 is 2.48 bits per heavy atom. The number of fused-ring (bicyclic) bond motifs is 1. The molecule has 0 saturated carbocycles. The average Bonchev–Trinajstić information content (AvgIpc) is 3.87. The number of nitrogens with one attached hydrogen (secondary N) is 2. The highest BCUT2D eigenvalue weighted by atomic mass is 19.3. The van der Waals surface area contributed by atoms with Crippen LogP contribution in [0, 0.1) is 0 Å². The minimum Gasteiger partial charge on any atom is -0.444 e. The number of benzene rings is 2. The Morgan fingerprint density at radius 2 is 1.73 bits per heavy atom. The van der Waals surface area contributed by atoms with E-state index >= 15 is 0 Å². The molecule has 5 aromatic rings. The number of carbonyl (C=O) groups excluding carboxylic acids is 5. The van der Waals surface area contributed by atoms with Crippen LogP contribution in [-0.4, -0.2) is 60.2 Å². The van der Waals surface area contributed by atoms with Crippen molar-refractivity contribution < 1.29 is 37.2 Å². The van der Waals surface area contributed by atoms with Gasteiger partial charge in [-0.05, 0) is 73.6 Å². The van der Waals surface area contributed by atoms with Gasteiger partial charge in [0.1, 0.15) is 12.3 Å². The molecule has 264 valence electrons. The molecule has 1 saturated heterocycles. The van der Waals surface area contributed by atoms with Gasteiger partial charge in [-0.15, -0.1) is 0 Å². The maximum Gasteiger partial charge on any atom is 0.284 e. The standard InChI is InChI=1S/C37H31F2N7O6/c38-32(39)31-26(41-33(48)27-20-52-35(42-27)23-15-17-40-18-16-23)19-45(44-31)24-11-9-21(10-12-24)5-2-1-3-6-22-7-4-8-25-30(22)37(51)46(36(25)50)28-13-14-29(47)43-34(28)49/h4,7-12,15-20,28,32H,1-3,5-6,13-14H2,(H,41,48)(H,43,47,49). The molecular weight excluding hydrogens is 676 g/mol. The van der Waals surface area contributed by atoms with Crippen LogP contribution < -0.4 is 10.6 Å². The molecule has 1 fully saturated rings. The number of aromatic nitrogens is 4. The van der Waals surface area contributed by atoms with Gasteiger partial charge in [-0.25, -0.2) is 18.4 Å². The number of hydrogen-bond donors (Lipinski definition) is 2. The second-order valence-corrected chi connectivity index (χ2v) is 12.4. The van der Waals surface area contributed by atoms with Crippen molar-refractivity contribution in [2.75, 3.05) is 5.32 Å². The van der Waals surface area contributed by atoms with E-state index in [1.165, 1.54) is 10.9 Å². The zero-order valence-corrected chi connectivity index (χ0v) is 27.6. The summed E-state index contributed by atoms with van der Waals surface area (Å²) in [4.78, 5) is 72.3. The van der Waals surface area contributed by atoms with E-state index in [0.29, 0.717) is 23.2 Å². The van der Waals surface area contributed by atoms with Crippen LogP contribution in [0.4, 0.5) is 14.5 Å². The highest BCUT2D eigenvalue weighted by molar-refractivity contribution is 6.24. The predicted octanol–water partition coefficient (Wildman–Crippen LogP) is 5.47. The number of amides is 5. The van der Waals surface area contributed by atoms with Gasteiger partial charge in [0.15, 0.2) is 11.4 Å². The van der Waals surface area contributed by atoms with E-state index in [4.69, 9.17) is 4.42 Å². The van der Waals surface area contributed by atoms with E-state index in [1.807, 2.05) is 18.2 Å². The molecule has 52 heavy (non-hydrogen) atoms. The molecule has 2 aliphatic heterocycles. The van der Waals surface area contributed by atoms with Crippen molar-refractivity contribution >= 4 is 35.2 Å². The molecule has 5 amide bonds. The number of nitrogens with zero attached hydrogens (tertiary/aromatic N) is 5. The molecule has 0 radical (unpaired) electrons. The van der Waals surface area contributed by atoms with E-state index in [2.05, 4.69) is 25.7 Å². The van der Waals surface area contributed by atoms with Gasteiger partial charge in [-0.1, -0.05) is 30.7 Å². The lowest BCUT2D eigenvalue weighted by molar-refractivity contribution is -0.136. The van der Waals surface area contributed by atoms with Gasteiger partial charge in [0.05, 0.1) is 28.7 Å². The van der Waals surface area contributed by atoms with Crippen molar-refractivity contribution in [1.82, 2.24) is 30.0 Å². The van der Waals surface area contributed by atoms with E-state index in [9.17, 15) is 32.8 Å². The molecule has 1 unspecified atom stereocenters.